The maximum absolute atomic E-state index is 12.0. The number of rotatable bonds is 13. The fourth-order valence-electron chi connectivity index (χ4n) is 1.51. The highest BCUT2D eigenvalue weighted by Crippen LogP contribution is 2.07. The van der Waals surface area contributed by atoms with E-state index < -0.39 is 48.5 Å². The molecule has 0 aliphatic rings. The predicted octanol–water partition coefficient (Wildman–Crippen LogP) is -1.80. The minimum absolute atomic E-state index is 0.0162. The van der Waals surface area contributed by atoms with E-state index in [0.29, 0.717) is 0 Å². The number of carboxylic acids is 2. The van der Waals surface area contributed by atoms with Crippen molar-refractivity contribution in [3.05, 3.63) is 0 Å². The molecular formula is C13H22ClN3O7S. The molecule has 25 heavy (non-hydrogen) atoms. The van der Waals surface area contributed by atoms with Crippen molar-refractivity contribution in [3.8, 4) is 0 Å². The smallest absolute Gasteiger partial charge is 0.322 e. The third-order valence-corrected chi connectivity index (χ3v) is 4.38. The van der Waals surface area contributed by atoms with Gasteiger partial charge in [-0.3, -0.25) is 19.2 Å². The molecule has 0 aromatic heterocycles. The summed E-state index contributed by atoms with van der Waals surface area (Å²) in [5, 5.41) is 31.2. The van der Waals surface area contributed by atoms with Crippen LogP contribution in [0.1, 0.15) is 12.8 Å². The summed E-state index contributed by atoms with van der Waals surface area (Å²) in [6.45, 7) is -0.607. The van der Waals surface area contributed by atoms with E-state index in [4.69, 9.17) is 27.5 Å². The molecule has 0 heterocycles. The molecule has 2 amide bonds. The Labute approximate surface area is 153 Å². The van der Waals surface area contributed by atoms with Crippen LogP contribution >= 0.6 is 23.4 Å². The maximum atomic E-state index is 12.0. The highest BCUT2D eigenvalue weighted by Gasteiger charge is 2.22. The van der Waals surface area contributed by atoms with Crippen LogP contribution in [-0.2, 0) is 19.2 Å². The number of nitrogens with one attached hydrogen (secondary N) is 2. The van der Waals surface area contributed by atoms with E-state index in [1.165, 1.54) is 0 Å². The Balaban J connectivity index is 4.58. The molecule has 0 fully saturated rings. The Morgan fingerprint density at radius 2 is 1.80 bits per heavy atom. The van der Waals surface area contributed by atoms with Gasteiger partial charge >= 0.3 is 11.9 Å². The fraction of sp³-hybridized carbons (Fsp3) is 0.692. The highest BCUT2D eigenvalue weighted by molar-refractivity contribution is 7.99. The summed E-state index contributed by atoms with van der Waals surface area (Å²) in [7, 11) is 0. The zero-order valence-electron chi connectivity index (χ0n) is 13.3. The minimum Gasteiger partial charge on any atom is -0.480 e. The van der Waals surface area contributed by atoms with E-state index in [-0.39, 0.29) is 30.2 Å². The number of nitrogens with two attached hydrogens (primary N) is 1. The molecule has 12 heteroatoms. The number of hydrogen-bond donors (Lipinski definition) is 6. The van der Waals surface area contributed by atoms with Gasteiger partial charge in [0.1, 0.15) is 18.6 Å². The zero-order chi connectivity index (χ0) is 19.4. The monoisotopic (exact) mass is 399 g/mol. The van der Waals surface area contributed by atoms with Crippen LogP contribution in [-0.4, -0.2) is 81.2 Å². The normalized spacial score (nSPS) is 14.2. The third kappa shape index (κ3) is 11.6. The number of hydrogen-bond acceptors (Lipinski definition) is 7. The Morgan fingerprint density at radius 1 is 1.16 bits per heavy atom. The Bertz CT molecular complexity index is 481. The second kappa shape index (κ2) is 12.8. The van der Waals surface area contributed by atoms with E-state index in [1.54, 1.807) is 0 Å². The summed E-state index contributed by atoms with van der Waals surface area (Å²) in [5.41, 5.74) is 5.30. The standard InChI is InChI=1S/C13H22ClN3O7S/c14-3-7(18)5-25-6-9(12(22)16-4-11(20)21)17-10(19)2-1-8(15)13(23)24/h7-9,18H,1-6,15H2,(H,16,22)(H,17,19)(H,20,21)(H,23,24)/t7?,8-,9-/m0/s1. The second-order valence-electron chi connectivity index (χ2n) is 5.06. The van der Waals surface area contributed by atoms with Crippen LogP contribution < -0.4 is 16.4 Å². The fourth-order valence-corrected chi connectivity index (χ4v) is 2.75. The van der Waals surface area contributed by atoms with Gasteiger partial charge in [0.15, 0.2) is 0 Å². The molecule has 0 aromatic rings. The molecule has 0 aromatic carbocycles. The van der Waals surface area contributed by atoms with Crippen molar-refractivity contribution in [1.29, 1.82) is 0 Å². The number of halogens is 1. The summed E-state index contributed by atoms with van der Waals surface area (Å²) in [6.07, 6.45) is -1.09. The van der Waals surface area contributed by atoms with Gasteiger partial charge in [-0.2, -0.15) is 11.8 Å². The first-order valence-electron chi connectivity index (χ1n) is 7.26. The molecule has 1 unspecified atom stereocenters. The number of aliphatic hydroxyl groups is 1. The maximum Gasteiger partial charge on any atom is 0.322 e. The molecule has 0 radical (unpaired) electrons. The van der Waals surface area contributed by atoms with Crippen LogP contribution in [0, 0.1) is 0 Å². The SMILES string of the molecule is N[C@@H](CCC(=O)N[C@@H](CSCC(O)CCl)C(=O)NCC(=O)O)C(=O)O. The molecule has 0 bridgehead atoms. The van der Waals surface area contributed by atoms with Gasteiger partial charge < -0.3 is 31.7 Å². The molecule has 3 atom stereocenters. The molecule has 0 saturated carbocycles. The van der Waals surface area contributed by atoms with Crippen LogP contribution in [0.25, 0.3) is 0 Å². The number of carbonyl (C=O) groups excluding carboxylic acids is 2. The van der Waals surface area contributed by atoms with Gasteiger partial charge in [-0.05, 0) is 6.42 Å². The number of aliphatic hydroxyl groups excluding tert-OH is 1. The van der Waals surface area contributed by atoms with Crippen LogP contribution in [0.5, 0.6) is 0 Å². The van der Waals surface area contributed by atoms with E-state index in [0.717, 1.165) is 11.8 Å². The van der Waals surface area contributed by atoms with Gasteiger partial charge in [0.2, 0.25) is 11.8 Å². The summed E-state index contributed by atoms with van der Waals surface area (Å²) in [6, 6.07) is -2.24. The summed E-state index contributed by atoms with van der Waals surface area (Å²) in [5.74, 6) is -3.45. The number of aliphatic carboxylic acids is 2. The van der Waals surface area contributed by atoms with Crippen molar-refractivity contribution in [2.75, 3.05) is 23.9 Å². The lowest BCUT2D eigenvalue weighted by Crippen LogP contribution is -2.49. The van der Waals surface area contributed by atoms with Crippen LogP contribution in [0.2, 0.25) is 0 Å². The Hall–Kier alpha value is -1.56. The van der Waals surface area contributed by atoms with Gasteiger partial charge in [0, 0.05) is 23.8 Å². The van der Waals surface area contributed by atoms with Gasteiger partial charge in [-0.1, -0.05) is 0 Å². The van der Waals surface area contributed by atoms with E-state index in [9.17, 15) is 24.3 Å². The second-order valence-corrected chi connectivity index (χ2v) is 6.44. The van der Waals surface area contributed by atoms with Gasteiger partial charge in [0.25, 0.3) is 0 Å². The molecule has 0 aliphatic carbocycles. The number of alkyl halides is 1. The predicted molar refractivity (Wildman–Crippen MR) is 91.5 cm³/mol. The quantitative estimate of drug-likeness (QED) is 0.195. The van der Waals surface area contributed by atoms with E-state index >= 15 is 0 Å². The topological polar surface area (TPSA) is 179 Å². The lowest BCUT2D eigenvalue weighted by atomic mass is 10.1. The van der Waals surface area contributed by atoms with Crippen molar-refractivity contribution >= 4 is 47.1 Å². The molecule has 0 spiro atoms. The van der Waals surface area contributed by atoms with Crippen molar-refractivity contribution in [2.45, 2.75) is 31.0 Å². The summed E-state index contributed by atoms with van der Waals surface area (Å²) >= 11 is 6.61. The van der Waals surface area contributed by atoms with Crippen molar-refractivity contribution in [3.63, 3.8) is 0 Å². The highest BCUT2D eigenvalue weighted by atomic mass is 35.5. The molecule has 0 aliphatic heterocycles. The molecule has 10 nitrogen and oxygen atoms in total. The average molecular weight is 400 g/mol. The number of carboxylic acid groups (broad SMARTS) is 2. The molecule has 0 saturated heterocycles. The van der Waals surface area contributed by atoms with Crippen molar-refractivity contribution < 1.29 is 34.5 Å². The van der Waals surface area contributed by atoms with E-state index in [1.807, 2.05) is 0 Å². The van der Waals surface area contributed by atoms with Crippen LogP contribution in [0.4, 0.5) is 0 Å². The largest absolute Gasteiger partial charge is 0.480 e. The first-order chi connectivity index (χ1) is 11.7. The summed E-state index contributed by atoms with van der Waals surface area (Å²) < 4.78 is 0. The first kappa shape index (κ1) is 23.4. The number of carbonyl (C=O) groups is 4. The zero-order valence-corrected chi connectivity index (χ0v) is 14.9. The van der Waals surface area contributed by atoms with Crippen molar-refractivity contribution in [2.24, 2.45) is 5.73 Å². The lowest BCUT2D eigenvalue weighted by Gasteiger charge is -2.18. The Kier molecular flexibility index (Phi) is 12.0. The number of amides is 2. The van der Waals surface area contributed by atoms with Crippen LogP contribution in [0.15, 0.2) is 0 Å². The molecule has 144 valence electrons. The van der Waals surface area contributed by atoms with Crippen molar-refractivity contribution in [1.82, 2.24) is 10.6 Å². The molecular weight excluding hydrogens is 378 g/mol. The van der Waals surface area contributed by atoms with E-state index in [2.05, 4.69) is 10.6 Å². The van der Waals surface area contributed by atoms with Gasteiger partial charge in [-0.15, -0.1) is 11.6 Å². The third-order valence-electron chi connectivity index (χ3n) is 2.84. The lowest BCUT2D eigenvalue weighted by molar-refractivity contribution is -0.139. The molecule has 7 N–H and O–H groups in total. The summed E-state index contributed by atoms with van der Waals surface area (Å²) in [4.78, 5) is 44.9. The van der Waals surface area contributed by atoms with Gasteiger partial charge in [0.05, 0.1) is 6.10 Å². The first-order valence-corrected chi connectivity index (χ1v) is 8.95. The average Bonchev–Trinajstić information content (AvgIpc) is 2.55. The molecule has 0 rings (SSSR count). The minimum atomic E-state index is -1.24. The Morgan fingerprint density at radius 3 is 2.32 bits per heavy atom. The van der Waals surface area contributed by atoms with Gasteiger partial charge in [-0.25, -0.2) is 0 Å². The number of thioether (sulfide) groups is 1. The van der Waals surface area contributed by atoms with Crippen LogP contribution in [0.3, 0.4) is 0 Å².